The first kappa shape index (κ1) is 27.6. The zero-order valence-corrected chi connectivity index (χ0v) is 21.7. The number of hydrogen-bond donors (Lipinski definition) is 1. The van der Waals surface area contributed by atoms with E-state index >= 15 is 0 Å². The van der Waals surface area contributed by atoms with Gasteiger partial charge in [-0.05, 0) is 51.0 Å². The van der Waals surface area contributed by atoms with Crippen LogP contribution in [0.4, 0.5) is 22.0 Å². The molecule has 5 rings (SSSR count). The van der Waals surface area contributed by atoms with Gasteiger partial charge in [0.25, 0.3) is 0 Å². The topological polar surface area (TPSA) is 95.4 Å². The molecule has 0 aliphatic carbocycles. The van der Waals surface area contributed by atoms with E-state index in [1.54, 1.807) is 17.6 Å². The van der Waals surface area contributed by atoms with Crippen LogP contribution in [0.3, 0.4) is 0 Å². The molecule has 8 nitrogen and oxygen atoms in total. The Bertz CT molecular complexity index is 1540. The molecule has 0 saturated carbocycles. The number of halogens is 5. The van der Waals surface area contributed by atoms with Crippen molar-refractivity contribution in [3.63, 3.8) is 0 Å². The van der Waals surface area contributed by atoms with Crippen molar-refractivity contribution in [3.8, 4) is 34.2 Å². The number of aryl methyl sites for hydroxylation is 1. The molecule has 3 heterocycles. The molecular formula is C27H25F5N4O4. The quantitative estimate of drug-likeness (QED) is 0.277. The minimum Gasteiger partial charge on any atom is -0.483 e. The molecule has 1 aliphatic heterocycles. The van der Waals surface area contributed by atoms with Crippen molar-refractivity contribution in [2.45, 2.75) is 57.5 Å². The average molecular weight is 565 g/mol. The number of fused-ring (bicyclic) bond motifs is 1. The second kappa shape index (κ2) is 9.88. The molecule has 2 aromatic heterocycles. The van der Waals surface area contributed by atoms with Crippen LogP contribution in [-0.2, 0) is 12.1 Å². The lowest BCUT2D eigenvalue weighted by molar-refractivity contribution is -0.153. The Labute approximate surface area is 225 Å². The number of alkyl halides is 3. The molecule has 0 fully saturated rings. The van der Waals surface area contributed by atoms with Crippen LogP contribution >= 0.6 is 0 Å². The number of rotatable bonds is 7. The van der Waals surface area contributed by atoms with E-state index in [0.29, 0.717) is 24.4 Å². The Morgan fingerprint density at radius 1 is 1.07 bits per heavy atom. The Kier molecular flexibility index (Phi) is 6.81. The Morgan fingerprint density at radius 3 is 2.50 bits per heavy atom. The highest BCUT2D eigenvalue weighted by Gasteiger charge is 2.53. The van der Waals surface area contributed by atoms with Crippen LogP contribution in [-0.4, -0.2) is 43.2 Å². The predicted molar refractivity (Wildman–Crippen MR) is 131 cm³/mol. The second-order valence-corrected chi connectivity index (χ2v) is 10.0. The predicted octanol–water partition coefficient (Wildman–Crippen LogP) is 5.97. The number of hydrogen-bond acceptors (Lipinski definition) is 7. The second-order valence-electron chi connectivity index (χ2n) is 10.0. The lowest BCUT2D eigenvalue weighted by Crippen LogP contribution is -2.55. The number of aliphatic hydroxyl groups is 1. The summed E-state index contributed by atoms with van der Waals surface area (Å²) in [6, 6.07) is 7.60. The van der Waals surface area contributed by atoms with Gasteiger partial charge in [0.1, 0.15) is 17.1 Å². The molecule has 40 heavy (non-hydrogen) atoms. The summed E-state index contributed by atoms with van der Waals surface area (Å²) in [5.41, 5.74) is -2.42. The maximum atomic E-state index is 14.0. The maximum Gasteiger partial charge on any atom is 0.422 e. The zero-order valence-electron chi connectivity index (χ0n) is 21.7. The van der Waals surface area contributed by atoms with Gasteiger partial charge in [-0.2, -0.15) is 13.2 Å². The van der Waals surface area contributed by atoms with Crippen molar-refractivity contribution in [1.29, 1.82) is 0 Å². The van der Waals surface area contributed by atoms with Gasteiger partial charge in [-0.25, -0.2) is 13.8 Å². The third-order valence-corrected chi connectivity index (χ3v) is 6.71. The molecule has 1 aliphatic rings. The van der Waals surface area contributed by atoms with E-state index in [2.05, 4.69) is 15.2 Å². The highest BCUT2D eigenvalue weighted by atomic mass is 19.4. The van der Waals surface area contributed by atoms with Gasteiger partial charge in [-0.3, -0.25) is 0 Å². The molecule has 4 aromatic rings. The molecule has 0 amide bonds. The van der Waals surface area contributed by atoms with Crippen LogP contribution in [0.25, 0.3) is 22.7 Å². The first-order valence-corrected chi connectivity index (χ1v) is 12.3. The van der Waals surface area contributed by atoms with Crippen LogP contribution in [0.1, 0.15) is 38.4 Å². The van der Waals surface area contributed by atoms with Gasteiger partial charge in [-0.15, -0.1) is 10.2 Å². The number of ether oxygens (including phenoxy) is 2. The summed E-state index contributed by atoms with van der Waals surface area (Å²) in [6.07, 6.45) is -2.44. The first-order valence-electron chi connectivity index (χ1n) is 12.3. The fraction of sp³-hybridized carbons (Fsp3) is 0.370. The molecule has 0 bridgehead atoms. The van der Waals surface area contributed by atoms with E-state index < -0.39 is 35.6 Å². The number of aromatic nitrogens is 4. The van der Waals surface area contributed by atoms with Crippen molar-refractivity contribution in [2.24, 2.45) is 0 Å². The van der Waals surface area contributed by atoms with Gasteiger partial charge < -0.3 is 23.6 Å². The SMILES string of the molecule is Cc1ncc(-c2ccc(-c3nnc4n3CCCC4(Oc3ccc(F)c(F)c3)C(C)(C)O)cc2OCC(F)(F)F)o1. The molecule has 0 saturated heterocycles. The summed E-state index contributed by atoms with van der Waals surface area (Å²) >= 11 is 0. The zero-order chi connectivity index (χ0) is 28.9. The Balaban J connectivity index is 1.59. The Morgan fingerprint density at radius 2 is 1.85 bits per heavy atom. The van der Waals surface area contributed by atoms with Gasteiger partial charge in [0.15, 0.2) is 47.1 Å². The van der Waals surface area contributed by atoms with Crippen LogP contribution in [0.15, 0.2) is 47.0 Å². The largest absolute Gasteiger partial charge is 0.483 e. The lowest BCUT2D eigenvalue weighted by atomic mass is 9.79. The van der Waals surface area contributed by atoms with E-state index in [1.165, 1.54) is 38.2 Å². The van der Waals surface area contributed by atoms with Gasteiger partial charge in [-0.1, -0.05) is 6.07 Å². The van der Waals surface area contributed by atoms with Gasteiger partial charge in [0.2, 0.25) is 0 Å². The fourth-order valence-electron chi connectivity index (χ4n) is 4.80. The minimum atomic E-state index is -4.58. The van der Waals surface area contributed by atoms with Crippen molar-refractivity contribution < 1.29 is 40.9 Å². The van der Waals surface area contributed by atoms with Gasteiger partial charge in [0, 0.05) is 25.1 Å². The molecule has 0 radical (unpaired) electrons. The highest BCUT2D eigenvalue weighted by molar-refractivity contribution is 5.71. The summed E-state index contributed by atoms with van der Waals surface area (Å²) in [6.45, 7) is 3.49. The number of benzene rings is 2. The molecule has 2 aromatic carbocycles. The van der Waals surface area contributed by atoms with Crippen LogP contribution in [0, 0.1) is 18.6 Å². The molecule has 212 valence electrons. The normalized spacial score (nSPS) is 17.5. The van der Waals surface area contributed by atoms with Crippen molar-refractivity contribution in [1.82, 2.24) is 19.7 Å². The van der Waals surface area contributed by atoms with Crippen molar-refractivity contribution >= 4 is 0 Å². The summed E-state index contributed by atoms with van der Waals surface area (Å²) in [7, 11) is 0. The van der Waals surface area contributed by atoms with Crippen molar-refractivity contribution in [3.05, 3.63) is 65.9 Å². The monoisotopic (exact) mass is 564 g/mol. The first-order chi connectivity index (χ1) is 18.8. The van der Waals surface area contributed by atoms with E-state index in [0.717, 1.165) is 12.1 Å². The molecular weight excluding hydrogens is 539 g/mol. The standard InChI is InChI=1S/C27H25F5N4O4/c1-15-33-13-22(39-15)18-7-5-16(11-21(18)38-14-27(30,31)32)23-34-35-24-26(25(2,3)37,9-4-10-36(23)24)40-17-6-8-19(28)20(29)12-17/h5-8,11-13,37H,4,9-10,14H2,1-3H3. The maximum absolute atomic E-state index is 14.0. The van der Waals surface area contributed by atoms with E-state index in [1.807, 2.05) is 0 Å². The third-order valence-electron chi connectivity index (χ3n) is 6.71. The molecule has 13 heteroatoms. The van der Waals surface area contributed by atoms with Crippen LogP contribution in [0.2, 0.25) is 0 Å². The fourth-order valence-corrected chi connectivity index (χ4v) is 4.80. The van der Waals surface area contributed by atoms with Crippen LogP contribution < -0.4 is 9.47 Å². The van der Waals surface area contributed by atoms with E-state index in [-0.39, 0.29) is 40.9 Å². The molecule has 0 spiro atoms. The molecule has 1 atom stereocenters. The number of oxazole rings is 1. The minimum absolute atomic E-state index is 0.0198. The third kappa shape index (κ3) is 5.12. The lowest BCUT2D eigenvalue weighted by Gasteiger charge is -2.44. The number of nitrogens with zero attached hydrogens (tertiary/aromatic N) is 4. The molecule has 1 unspecified atom stereocenters. The highest BCUT2D eigenvalue weighted by Crippen LogP contribution is 2.45. The summed E-state index contributed by atoms with van der Waals surface area (Å²) in [5.74, 6) is -1.23. The van der Waals surface area contributed by atoms with Crippen LogP contribution in [0.5, 0.6) is 11.5 Å². The van der Waals surface area contributed by atoms with E-state index in [9.17, 15) is 27.1 Å². The van der Waals surface area contributed by atoms with Gasteiger partial charge in [0.05, 0.1) is 11.8 Å². The van der Waals surface area contributed by atoms with E-state index in [4.69, 9.17) is 13.9 Å². The van der Waals surface area contributed by atoms with Crippen molar-refractivity contribution in [2.75, 3.05) is 6.61 Å². The average Bonchev–Trinajstić information content (AvgIpc) is 3.51. The molecule has 1 N–H and O–H groups in total. The summed E-state index contributed by atoms with van der Waals surface area (Å²) < 4.78 is 85.1. The Hall–Kier alpha value is -4.00. The summed E-state index contributed by atoms with van der Waals surface area (Å²) in [5, 5.41) is 19.8. The smallest absolute Gasteiger partial charge is 0.422 e. The van der Waals surface area contributed by atoms with Gasteiger partial charge >= 0.3 is 6.18 Å². The summed E-state index contributed by atoms with van der Waals surface area (Å²) in [4.78, 5) is 4.00.